The summed E-state index contributed by atoms with van der Waals surface area (Å²) < 4.78 is 5.31. The van der Waals surface area contributed by atoms with E-state index in [4.69, 9.17) is 27.9 Å². The van der Waals surface area contributed by atoms with Crippen LogP contribution in [0.25, 0.3) is 0 Å². The zero-order valence-corrected chi connectivity index (χ0v) is 12.9. The molecule has 1 heterocycles. The number of ether oxygens (including phenoxy) is 1. The molecular weight excluding hydrogens is 285 g/mol. The van der Waals surface area contributed by atoms with Crippen LogP contribution in [0.1, 0.15) is 27.7 Å². The maximum Gasteiger partial charge on any atom is 0.327 e. The van der Waals surface area contributed by atoms with Crippen LogP contribution in [-0.2, 0) is 0 Å². The van der Waals surface area contributed by atoms with Crippen LogP contribution < -0.4 is 4.74 Å². The lowest BCUT2D eigenvalue weighted by Crippen LogP contribution is -1.94. The van der Waals surface area contributed by atoms with Gasteiger partial charge in [-0.15, -0.1) is 0 Å². The summed E-state index contributed by atoms with van der Waals surface area (Å²) in [5.74, 6) is 0.607. The quantitative estimate of drug-likeness (QED) is 0.781. The van der Waals surface area contributed by atoms with E-state index in [0.29, 0.717) is 5.75 Å². The Morgan fingerprint density at radius 2 is 1.26 bits per heavy atom. The second kappa shape index (κ2) is 10.5. The van der Waals surface area contributed by atoms with Crippen molar-refractivity contribution in [1.82, 2.24) is 15.0 Å². The van der Waals surface area contributed by atoms with E-state index in [1.807, 2.05) is 45.9 Å². The first-order valence-corrected chi connectivity index (χ1v) is 6.79. The Hall–Kier alpha value is -1.39. The Kier molecular flexibility index (Phi) is 9.75. The van der Waals surface area contributed by atoms with Gasteiger partial charge in [-0.25, -0.2) is 0 Å². The standard InChI is InChI=1S/C9H5Cl2N3O.2C2H6/c10-7-12-8(11)14-9(13-7)15-6-4-2-1-3-5-6;2*1-2/h1-5H;2*1-2H3. The number of aromatic nitrogens is 3. The van der Waals surface area contributed by atoms with Gasteiger partial charge in [-0.2, -0.15) is 15.0 Å². The second-order valence-electron chi connectivity index (χ2n) is 2.57. The molecule has 0 aliphatic heterocycles. The van der Waals surface area contributed by atoms with Crippen molar-refractivity contribution in [1.29, 1.82) is 0 Å². The maximum atomic E-state index is 5.59. The molecule has 0 aliphatic carbocycles. The summed E-state index contributed by atoms with van der Waals surface area (Å²) in [6.07, 6.45) is 0. The first-order valence-electron chi connectivity index (χ1n) is 6.04. The summed E-state index contributed by atoms with van der Waals surface area (Å²) in [6, 6.07) is 9.16. The Bertz CT molecular complexity index is 446. The van der Waals surface area contributed by atoms with E-state index in [-0.39, 0.29) is 16.6 Å². The van der Waals surface area contributed by atoms with Crippen LogP contribution in [0.15, 0.2) is 30.3 Å². The summed E-state index contributed by atoms with van der Waals surface area (Å²) in [5.41, 5.74) is 0. The fraction of sp³-hybridized carbons (Fsp3) is 0.308. The van der Waals surface area contributed by atoms with Gasteiger partial charge in [-0.3, -0.25) is 0 Å². The van der Waals surface area contributed by atoms with E-state index in [1.54, 1.807) is 12.1 Å². The number of hydrogen-bond donors (Lipinski definition) is 0. The minimum atomic E-state index is 0.000862. The van der Waals surface area contributed by atoms with Gasteiger partial charge in [0, 0.05) is 0 Å². The molecule has 0 spiro atoms. The monoisotopic (exact) mass is 301 g/mol. The number of para-hydroxylation sites is 1. The van der Waals surface area contributed by atoms with Crippen LogP contribution in [0, 0.1) is 0 Å². The fourth-order valence-electron chi connectivity index (χ4n) is 0.949. The highest BCUT2D eigenvalue weighted by molar-refractivity contribution is 6.31. The van der Waals surface area contributed by atoms with Gasteiger partial charge in [-0.1, -0.05) is 45.9 Å². The first-order chi connectivity index (χ1) is 9.24. The molecule has 0 radical (unpaired) electrons. The van der Waals surface area contributed by atoms with Crippen molar-refractivity contribution in [2.75, 3.05) is 0 Å². The van der Waals surface area contributed by atoms with E-state index < -0.39 is 0 Å². The Balaban J connectivity index is 0.000000741. The van der Waals surface area contributed by atoms with Gasteiger partial charge in [0.2, 0.25) is 10.6 Å². The van der Waals surface area contributed by atoms with Crippen molar-refractivity contribution >= 4 is 23.2 Å². The SMILES string of the molecule is CC.CC.Clc1nc(Cl)nc(Oc2ccccc2)n1. The van der Waals surface area contributed by atoms with E-state index in [9.17, 15) is 0 Å². The Morgan fingerprint density at radius 3 is 1.74 bits per heavy atom. The van der Waals surface area contributed by atoms with Gasteiger partial charge < -0.3 is 4.74 Å². The smallest absolute Gasteiger partial charge is 0.327 e. The predicted molar refractivity (Wildman–Crippen MR) is 79.1 cm³/mol. The molecule has 2 rings (SSSR count). The average Bonchev–Trinajstić information content (AvgIpc) is 2.43. The van der Waals surface area contributed by atoms with Crippen molar-refractivity contribution in [2.24, 2.45) is 0 Å². The lowest BCUT2D eigenvalue weighted by Gasteiger charge is -2.02. The fourth-order valence-corrected chi connectivity index (χ4v) is 1.30. The van der Waals surface area contributed by atoms with Crippen LogP contribution in [0.5, 0.6) is 11.8 Å². The summed E-state index contributed by atoms with van der Waals surface area (Å²) in [4.78, 5) is 11.1. The van der Waals surface area contributed by atoms with Crippen LogP contribution in [0.3, 0.4) is 0 Å². The van der Waals surface area contributed by atoms with Gasteiger partial charge in [-0.05, 0) is 35.3 Å². The number of nitrogens with zero attached hydrogens (tertiary/aromatic N) is 3. The molecule has 0 bridgehead atoms. The second-order valence-corrected chi connectivity index (χ2v) is 3.25. The van der Waals surface area contributed by atoms with E-state index in [1.165, 1.54) is 0 Å². The molecule has 0 atom stereocenters. The third-order valence-electron chi connectivity index (χ3n) is 1.51. The van der Waals surface area contributed by atoms with Gasteiger partial charge in [0.1, 0.15) is 5.75 Å². The lowest BCUT2D eigenvalue weighted by atomic mass is 10.3. The van der Waals surface area contributed by atoms with Crippen molar-refractivity contribution < 1.29 is 4.74 Å². The topological polar surface area (TPSA) is 47.9 Å². The highest BCUT2D eigenvalue weighted by Gasteiger charge is 2.04. The number of hydrogen-bond acceptors (Lipinski definition) is 4. The molecule has 19 heavy (non-hydrogen) atoms. The molecule has 104 valence electrons. The largest absolute Gasteiger partial charge is 0.424 e. The molecule has 0 aliphatic rings. The molecule has 2 aromatic rings. The van der Waals surface area contributed by atoms with E-state index in [0.717, 1.165) is 0 Å². The molecule has 1 aromatic heterocycles. The molecule has 0 unspecified atom stereocenters. The van der Waals surface area contributed by atoms with Crippen LogP contribution in [0.4, 0.5) is 0 Å². The number of benzene rings is 1. The zero-order chi connectivity index (χ0) is 14.7. The molecule has 0 fully saturated rings. The molecule has 1 aromatic carbocycles. The first kappa shape index (κ1) is 17.6. The highest BCUT2D eigenvalue weighted by Crippen LogP contribution is 2.18. The van der Waals surface area contributed by atoms with Crippen LogP contribution in [-0.4, -0.2) is 15.0 Å². The lowest BCUT2D eigenvalue weighted by molar-refractivity contribution is 0.439. The van der Waals surface area contributed by atoms with Gasteiger partial charge in [0.25, 0.3) is 0 Å². The average molecular weight is 302 g/mol. The normalized spacial score (nSPS) is 8.53. The third kappa shape index (κ3) is 6.94. The number of halogens is 2. The van der Waals surface area contributed by atoms with Crippen molar-refractivity contribution in [3.05, 3.63) is 40.9 Å². The molecular formula is C13H17Cl2N3O. The molecule has 0 saturated carbocycles. The summed E-state index contributed by atoms with van der Waals surface area (Å²) in [7, 11) is 0. The van der Waals surface area contributed by atoms with Gasteiger partial charge in [0.15, 0.2) is 0 Å². The molecule has 6 heteroatoms. The van der Waals surface area contributed by atoms with Crippen molar-refractivity contribution in [2.45, 2.75) is 27.7 Å². The number of rotatable bonds is 2. The minimum absolute atomic E-state index is 0.000862. The maximum absolute atomic E-state index is 5.59. The highest BCUT2D eigenvalue weighted by atomic mass is 35.5. The van der Waals surface area contributed by atoms with E-state index in [2.05, 4.69) is 15.0 Å². The Labute approximate surface area is 123 Å². The summed E-state index contributed by atoms with van der Waals surface area (Å²) in [6.45, 7) is 8.00. The third-order valence-corrected chi connectivity index (χ3v) is 1.85. The van der Waals surface area contributed by atoms with E-state index >= 15 is 0 Å². The molecule has 0 saturated heterocycles. The predicted octanol–water partition coefficient (Wildman–Crippen LogP) is 5.02. The van der Waals surface area contributed by atoms with Crippen LogP contribution in [0.2, 0.25) is 10.6 Å². The molecule has 0 N–H and O–H groups in total. The Morgan fingerprint density at radius 1 is 0.789 bits per heavy atom. The van der Waals surface area contributed by atoms with Crippen molar-refractivity contribution in [3.63, 3.8) is 0 Å². The van der Waals surface area contributed by atoms with Gasteiger partial charge >= 0.3 is 6.01 Å². The van der Waals surface area contributed by atoms with Crippen LogP contribution >= 0.6 is 23.2 Å². The summed E-state index contributed by atoms with van der Waals surface area (Å²) in [5, 5.41) is 0.00172. The molecule has 0 amide bonds. The molecule has 4 nitrogen and oxygen atoms in total. The van der Waals surface area contributed by atoms with Gasteiger partial charge in [0.05, 0.1) is 0 Å². The van der Waals surface area contributed by atoms with Crippen molar-refractivity contribution in [3.8, 4) is 11.8 Å². The minimum Gasteiger partial charge on any atom is -0.424 e. The zero-order valence-electron chi connectivity index (χ0n) is 11.4. The summed E-state index contributed by atoms with van der Waals surface area (Å²) >= 11 is 11.2.